The van der Waals surface area contributed by atoms with E-state index in [0.717, 1.165) is 11.1 Å². The van der Waals surface area contributed by atoms with E-state index in [1.807, 2.05) is 42.5 Å². The van der Waals surface area contributed by atoms with Crippen molar-refractivity contribution in [2.24, 2.45) is 5.92 Å². The molecule has 1 aliphatic carbocycles. The maximum Gasteiger partial charge on any atom is 0.306 e. The number of ketones is 1. The Morgan fingerprint density at radius 1 is 1.07 bits per heavy atom. The van der Waals surface area contributed by atoms with Crippen molar-refractivity contribution in [3.63, 3.8) is 0 Å². The van der Waals surface area contributed by atoms with Crippen LogP contribution in [0.1, 0.15) is 36.8 Å². The number of allylic oxidation sites excluding steroid dienone is 1. The van der Waals surface area contributed by atoms with Gasteiger partial charge >= 0.3 is 5.97 Å². The van der Waals surface area contributed by atoms with Gasteiger partial charge in [0.05, 0.1) is 17.8 Å². The lowest BCUT2D eigenvalue weighted by Gasteiger charge is -2.37. The Morgan fingerprint density at radius 2 is 1.83 bits per heavy atom. The molecule has 1 fully saturated rings. The molecule has 2 aromatic rings. The van der Waals surface area contributed by atoms with Crippen LogP contribution in [-0.4, -0.2) is 24.0 Å². The molecule has 0 radical (unpaired) electrons. The lowest BCUT2D eigenvalue weighted by molar-refractivity contribution is -0.154. The van der Waals surface area contributed by atoms with Gasteiger partial charge in [-0.25, -0.2) is 0 Å². The molecule has 1 heterocycles. The van der Waals surface area contributed by atoms with Crippen molar-refractivity contribution in [3.8, 4) is 0 Å². The van der Waals surface area contributed by atoms with Crippen LogP contribution in [0, 0.1) is 5.92 Å². The van der Waals surface area contributed by atoms with Gasteiger partial charge < -0.3 is 9.47 Å². The molecular formula is C24H23ClO4. The number of benzene rings is 2. The van der Waals surface area contributed by atoms with Gasteiger partial charge in [0, 0.05) is 17.9 Å². The van der Waals surface area contributed by atoms with E-state index < -0.39 is 0 Å². The molecule has 1 saturated carbocycles. The Morgan fingerprint density at radius 3 is 2.59 bits per heavy atom. The first kappa shape index (κ1) is 19.7. The average molecular weight is 411 g/mol. The number of fused-ring (bicyclic) bond motifs is 1. The Labute approximate surface area is 175 Å². The quantitative estimate of drug-likeness (QED) is 0.651. The van der Waals surface area contributed by atoms with Crippen molar-refractivity contribution < 1.29 is 19.1 Å². The van der Waals surface area contributed by atoms with Crippen LogP contribution in [0.25, 0.3) is 5.57 Å². The summed E-state index contributed by atoms with van der Waals surface area (Å²) in [6.07, 6.45) is 4.03. The molecule has 2 aromatic carbocycles. The lowest BCUT2D eigenvalue weighted by atomic mass is 9.78. The summed E-state index contributed by atoms with van der Waals surface area (Å²) in [5, 5.41) is 0.631. The van der Waals surface area contributed by atoms with Crippen molar-refractivity contribution in [3.05, 3.63) is 77.0 Å². The number of esters is 1. The number of carbonyl (C=O) groups is 2. The summed E-state index contributed by atoms with van der Waals surface area (Å²) in [6, 6.07) is 17.1. The molecule has 4 nitrogen and oxygen atoms in total. The maximum atomic E-state index is 12.9. The molecule has 0 N–H and O–H groups in total. The third-order valence-electron chi connectivity index (χ3n) is 5.62. The molecule has 0 aromatic heterocycles. The molecular weight excluding hydrogens is 388 g/mol. The van der Waals surface area contributed by atoms with E-state index in [4.69, 9.17) is 21.1 Å². The number of aryl methyl sites for hydroxylation is 1. The summed E-state index contributed by atoms with van der Waals surface area (Å²) >= 11 is 5.94. The van der Waals surface area contributed by atoms with E-state index in [-0.39, 0.29) is 29.9 Å². The van der Waals surface area contributed by atoms with E-state index in [1.165, 1.54) is 0 Å². The molecule has 150 valence electrons. The molecule has 3 unspecified atom stereocenters. The Hall–Kier alpha value is -2.59. The summed E-state index contributed by atoms with van der Waals surface area (Å²) in [6.45, 7) is 0. The third-order valence-corrected chi connectivity index (χ3v) is 5.87. The second-order valence-corrected chi connectivity index (χ2v) is 8.03. The molecule has 0 spiro atoms. The molecule has 0 saturated heterocycles. The van der Waals surface area contributed by atoms with Gasteiger partial charge in [-0.1, -0.05) is 54.1 Å². The van der Waals surface area contributed by atoms with E-state index >= 15 is 0 Å². The molecule has 0 bridgehead atoms. The van der Waals surface area contributed by atoms with Gasteiger partial charge in [-0.15, -0.1) is 0 Å². The fraction of sp³-hybridized carbons (Fsp3) is 0.333. The highest BCUT2D eigenvalue weighted by Crippen LogP contribution is 2.37. The third kappa shape index (κ3) is 4.70. The van der Waals surface area contributed by atoms with Crippen LogP contribution in [0.3, 0.4) is 0 Å². The molecule has 4 rings (SSSR count). The van der Waals surface area contributed by atoms with Crippen LogP contribution in [-0.2, 0) is 25.5 Å². The number of hydrogen-bond acceptors (Lipinski definition) is 4. The highest BCUT2D eigenvalue weighted by atomic mass is 35.5. The smallest absolute Gasteiger partial charge is 0.306 e. The zero-order valence-electron chi connectivity index (χ0n) is 16.1. The van der Waals surface area contributed by atoms with Gasteiger partial charge in [0.1, 0.15) is 12.2 Å². The first-order valence-electron chi connectivity index (χ1n) is 9.99. The van der Waals surface area contributed by atoms with Crippen LogP contribution in [0.5, 0.6) is 0 Å². The second kappa shape index (κ2) is 8.83. The normalized spacial score (nSPS) is 23.6. The Balaban J connectivity index is 1.33. The number of carbonyl (C=O) groups excluding carboxylic acids is 2. The number of rotatable bonds is 5. The molecule has 29 heavy (non-hydrogen) atoms. The van der Waals surface area contributed by atoms with Crippen molar-refractivity contribution in [2.45, 2.75) is 44.3 Å². The van der Waals surface area contributed by atoms with Crippen molar-refractivity contribution in [2.75, 3.05) is 0 Å². The lowest BCUT2D eigenvalue weighted by Crippen LogP contribution is -2.42. The number of ether oxygens (including phenoxy) is 2. The molecule has 0 amide bonds. The SMILES string of the molecule is O=C(CCc1ccccc1)OC1CCC2C(=O)C(c3ccc(Cl)cc3)=COC2C1. The number of Topliss-reactive ketones (excluding diaryl/α,β-unsaturated/α-hetero) is 1. The zero-order valence-corrected chi connectivity index (χ0v) is 16.8. The molecule has 3 atom stereocenters. The summed E-state index contributed by atoms with van der Waals surface area (Å²) in [7, 11) is 0. The highest BCUT2D eigenvalue weighted by molar-refractivity contribution is 6.30. The summed E-state index contributed by atoms with van der Waals surface area (Å²) in [5.74, 6) is -0.292. The molecule has 2 aliphatic rings. The molecule has 1 aliphatic heterocycles. The average Bonchev–Trinajstić information content (AvgIpc) is 2.74. The van der Waals surface area contributed by atoms with Crippen LogP contribution < -0.4 is 0 Å². The van der Waals surface area contributed by atoms with E-state index in [1.54, 1.807) is 18.4 Å². The summed E-state index contributed by atoms with van der Waals surface area (Å²) in [4.78, 5) is 25.2. The maximum absolute atomic E-state index is 12.9. The first-order valence-corrected chi connectivity index (χ1v) is 10.4. The van der Waals surface area contributed by atoms with Crippen molar-refractivity contribution in [1.82, 2.24) is 0 Å². The highest BCUT2D eigenvalue weighted by Gasteiger charge is 2.41. The van der Waals surface area contributed by atoms with Crippen LogP contribution in [0.15, 0.2) is 60.9 Å². The molecule has 5 heteroatoms. The van der Waals surface area contributed by atoms with Crippen LogP contribution in [0.4, 0.5) is 0 Å². The minimum absolute atomic E-state index is 0.0948. The Bertz CT molecular complexity index is 904. The second-order valence-electron chi connectivity index (χ2n) is 7.59. The van der Waals surface area contributed by atoms with Gasteiger partial charge in [-0.2, -0.15) is 0 Å². The topological polar surface area (TPSA) is 52.6 Å². The van der Waals surface area contributed by atoms with Crippen LogP contribution >= 0.6 is 11.6 Å². The monoisotopic (exact) mass is 410 g/mol. The number of halogens is 1. The predicted octanol–water partition coefficient (Wildman–Crippen LogP) is 4.99. The predicted molar refractivity (Wildman–Crippen MR) is 111 cm³/mol. The van der Waals surface area contributed by atoms with E-state index in [9.17, 15) is 9.59 Å². The minimum Gasteiger partial charge on any atom is -0.496 e. The first-order chi connectivity index (χ1) is 14.1. The van der Waals surface area contributed by atoms with Gasteiger partial charge in [0.25, 0.3) is 0 Å². The van der Waals surface area contributed by atoms with Gasteiger partial charge in [-0.05, 0) is 42.5 Å². The van der Waals surface area contributed by atoms with Gasteiger partial charge in [-0.3, -0.25) is 9.59 Å². The summed E-state index contributed by atoms with van der Waals surface area (Å²) in [5.41, 5.74) is 2.52. The minimum atomic E-state index is -0.237. The van der Waals surface area contributed by atoms with E-state index in [2.05, 4.69) is 0 Å². The number of hydrogen-bond donors (Lipinski definition) is 0. The largest absolute Gasteiger partial charge is 0.496 e. The van der Waals surface area contributed by atoms with Gasteiger partial charge in [0.15, 0.2) is 5.78 Å². The standard InChI is InChI=1S/C24H23ClO4/c25-18-9-7-17(8-10-18)21-15-28-22-14-19(11-12-20(22)24(21)27)29-23(26)13-6-16-4-2-1-3-5-16/h1-5,7-10,15,19-20,22H,6,11-14H2. The fourth-order valence-electron chi connectivity index (χ4n) is 4.04. The van der Waals surface area contributed by atoms with Crippen LogP contribution in [0.2, 0.25) is 5.02 Å². The zero-order chi connectivity index (χ0) is 20.2. The fourth-order valence-corrected chi connectivity index (χ4v) is 4.16. The Kier molecular flexibility index (Phi) is 6.00. The van der Waals surface area contributed by atoms with Gasteiger partial charge in [0.2, 0.25) is 0 Å². The van der Waals surface area contributed by atoms with Crippen molar-refractivity contribution >= 4 is 28.9 Å². The van der Waals surface area contributed by atoms with Crippen molar-refractivity contribution in [1.29, 1.82) is 0 Å². The van der Waals surface area contributed by atoms with E-state index in [0.29, 0.717) is 42.7 Å². The summed E-state index contributed by atoms with van der Waals surface area (Å²) < 4.78 is 11.5.